The number of hydrogen-bond acceptors (Lipinski definition) is 3. The Morgan fingerprint density at radius 3 is 2.31 bits per heavy atom. The molecule has 0 bridgehead atoms. The second-order valence-corrected chi connectivity index (χ2v) is 8.18. The number of anilines is 1. The summed E-state index contributed by atoms with van der Waals surface area (Å²) in [5.41, 5.74) is 1.69. The minimum Gasteiger partial charge on any atom is -0.338 e. The quantitative estimate of drug-likeness (QED) is 0.657. The zero-order valence-corrected chi connectivity index (χ0v) is 16.6. The molecule has 2 heterocycles. The van der Waals surface area contributed by atoms with Crippen molar-refractivity contribution in [2.75, 3.05) is 18.4 Å². The highest BCUT2D eigenvalue weighted by Crippen LogP contribution is 2.30. The molecule has 0 spiro atoms. The van der Waals surface area contributed by atoms with E-state index in [1.54, 1.807) is 12.1 Å². The summed E-state index contributed by atoms with van der Waals surface area (Å²) in [5.74, 6) is -0.360. The molecular formula is C23H21FN2O2S. The van der Waals surface area contributed by atoms with Crippen LogP contribution in [0.3, 0.4) is 0 Å². The molecule has 2 amide bonds. The smallest absolute Gasteiger partial charge is 0.263 e. The first kappa shape index (κ1) is 19.3. The first-order valence-corrected chi connectivity index (χ1v) is 10.4. The van der Waals surface area contributed by atoms with Crippen molar-refractivity contribution in [1.29, 1.82) is 0 Å². The molecule has 1 saturated heterocycles. The van der Waals surface area contributed by atoms with Gasteiger partial charge in [-0.3, -0.25) is 9.59 Å². The summed E-state index contributed by atoms with van der Waals surface area (Å²) in [6.45, 7) is 1.13. The van der Waals surface area contributed by atoms with Crippen molar-refractivity contribution in [3.63, 3.8) is 0 Å². The van der Waals surface area contributed by atoms with Gasteiger partial charge in [-0.15, -0.1) is 11.3 Å². The topological polar surface area (TPSA) is 49.4 Å². The van der Waals surface area contributed by atoms with Gasteiger partial charge < -0.3 is 10.2 Å². The Labute approximate surface area is 173 Å². The van der Waals surface area contributed by atoms with Gasteiger partial charge in [0.2, 0.25) is 5.91 Å². The van der Waals surface area contributed by atoms with E-state index in [0.717, 1.165) is 16.1 Å². The molecule has 1 aliphatic rings. The lowest BCUT2D eigenvalue weighted by Gasteiger charge is -2.31. The van der Waals surface area contributed by atoms with E-state index in [1.807, 2.05) is 47.4 Å². The average molecular weight is 408 g/mol. The van der Waals surface area contributed by atoms with E-state index in [4.69, 9.17) is 0 Å². The highest BCUT2D eigenvalue weighted by atomic mass is 32.1. The number of halogens is 1. The average Bonchev–Trinajstić information content (AvgIpc) is 3.25. The van der Waals surface area contributed by atoms with Crippen molar-refractivity contribution in [1.82, 2.24) is 4.90 Å². The van der Waals surface area contributed by atoms with Crippen LogP contribution >= 0.6 is 11.3 Å². The number of benzene rings is 2. The molecule has 0 radical (unpaired) electrons. The molecule has 0 saturated carbocycles. The first-order chi connectivity index (χ1) is 14.1. The predicted octanol–water partition coefficient (Wildman–Crippen LogP) is 5.05. The van der Waals surface area contributed by atoms with Gasteiger partial charge in [0.15, 0.2) is 0 Å². The van der Waals surface area contributed by atoms with Gasteiger partial charge in [-0.05, 0) is 54.8 Å². The van der Waals surface area contributed by atoms with E-state index in [0.29, 0.717) is 30.8 Å². The third-order valence-corrected chi connectivity index (χ3v) is 6.26. The predicted molar refractivity (Wildman–Crippen MR) is 113 cm³/mol. The van der Waals surface area contributed by atoms with Crippen molar-refractivity contribution in [3.05, 3.63) is 77.4 Å². The lowest BCUT2D eigenvalue weighted by Crippen LogP contribution is -2.41. The summed E-state index contributed by atoms with van der Waals surface area (Å²) in [7, 11) is 0. The standard InChI is InChI=1S/C23H21FN2O2S/c24-18-8-6-16(7-9-18)20-10-11-21(29-20)23(28)26-14-12-17(13-15-26)22(27)25-19-4-2-1-3-5-19/h1-11,17H,12-15H2,(H,25,27). The largest absolute Gasteiger partial charge is 0.338 e. The number of likely N-dealkylation sites (tertiary alicyclic amines) is 1. The van der Waals surface area contributed by atoms with E-state index in [1.165, 1.54) is 23.5 Å². The number of rotatable bonds is 4. The van der Waals surface area contributed by atoms with Crippen LogP contribution in [0.25, 0.3) is 10.4 Å². The summed E-state index contributed by atoms with van der Waals surface area (Å²) in [6, 6.07) is 19.4. The fraction of sp³-hybridized carbons (Fsp3) is 0.217. The van der Waals surface area contributed by atoms with E-state index in [-0.39, 0.29) is 23.5 Å². The summed E-state index contributed by atoms with van der Waals surface area (Å²) >= 11 is 1.41. The van der Waals surface area contributed by atoms with Gasteiger partial charge in [0.25, 0.3) is 5.91 Å². The van der Waals surface area contributed by atoms with Crippen LogP contribution in [0.5, 0.6) is 0 Å². The monoisotopic (exact) mass is 408 g/mol. The summed E-state index contributed by atoms with van der Waals surface area (Å²) in [4.78, 5) is 28.7. The lowest BCUT2D eigenvalue weighted by molar-refractivity contribution is -0.121. The fourth-order valence-electron chi connectivity index (χ4n) is 3.49. The van der Waals surface area contributed by atoms with Gasteiger partial charge in [0.05, 0.1) is 4.88 Å². The third-order valence-electron chi connectivity index (χ3n) is 5.14. The Kier molecular flexibility index (Phi) is 5.71. The van der Waals surface area contributed by atoms with E-state index >= 15 is 0 Å². The number of amides is 2. The normalized spacial score (nSPS) is 14.6. The van der Waals surface area contributed by atoms with Crippen LogP contribution in [-0.2, 0) is 4.79 Å². The van der Waals surface area contributed by atoms with Crippen LogP contribution in [-0.4, -0.2) is 29.8 Å². The van der Waals surface area contributed by atoms with Crippen molar-refractivity contribution in [2.24, 2.45) is 5.92 Å². The maximum absolute atomic E-state index is 13.1. The Bertz CT molecular complexity index is 993. The van der Waals surface area contributed by atoms with Gasteiger partial charge in [-0.25, -0.2) is 4.39 Å². The fourth-order valence-corrected chi connectivity index (χ4v) is 4.47. The SMILES string of the molecule is O=C(Nc1ccccc1)C1CCN(C(=O)c2ccc(-c3ccc(F)cc3)s2)CC1. The zero-order valence-electron chi connectivity index (χ0n) is 15.8. The summed E-state index contributed by atoms with van der Waals surface area (Å²) in [6.07, 6.45) is 1.31. The molecule has 1 N–H and O–H groups in total. The second kappa shape index (κ2) is 8.57. The summed E-state index contributed by atoms with van der Waals surface area (Å²) < 4.78 is 13.1. The minimum atomic E-state index is -0.277. The number of nitrogens with one attached hydrogen (secondary N) is 1. The number of carbonyl (C=O) groups is 2. The molecule has 0 atom stereocenters. The van der Waals surface area contributed by atoms with Crippen LogP contribution in [0, 0.1) is 11.7 Å². The molecule has 6 heteroatoms. The Morgan fingerprint density at radius 2 is 1.62 bits per heavy atom. The van der Waals surface area contributed by atoms with Crippen molar-refractivity contribution < 1.29 is 14.0 Å². The third kappa shape index (κ3) is 4.54. The number of thiophene rings is 1. The maximum atomic E-state index is 13.1. The highest BCUT2D eigenvalue weighted by Gasteiger charge is 2.28. The zero-order chi connectivity index (χ0) is 20.2. The van der Waals surface area contributed by atoms with Crippen molar-refractivity contribution in [2.45, 2.75) is 12.8 Å². The van der Waals surface area contributed by atoms with Gasteiger partial charge in [-0.2, -0.15) is 0 Å². The van der Waals surface area contributed by atoms with Gasteiger partial charge in [0.1, 0.15) is 5.82 Å². The molecule has 1 aliphatic heterocycles. The molecule has 4 rings (SSSR count). The van der Waals surface area contributed by atoms with E-state index in [9.17, 15) is 14.0 Å². The first-order valence-electron chi connectivity index (χ1n) is 9.61. The summed E-state index contributed by atoms with van der Waals surface area (Å²) in [5, 5.41) is 2.95. The Hall–Kier alpha value is -2.99. The molecule has 4 nitrogen and oxygen atoms in total. The van der Waals surface area contributed by atoms with Gasteiger partial charge in [0, 0.05) is 29.6 Å². The molecule has 29 heavy (non-hydrogen) atoms. The number of carbonyl (C=O) groups excluding carboxylic acids is 2. The van der Waals surface area contributed by atoms with Crippen LogP contribution in [0.4, 0.5) is 10.1 Å². The van der Waals surface area contributed by atoms with Crippen LogP contribution < -0.4 is 5.32 Å². The van der Waals surface area contributed by atoms with Crippen LogP contribution in [0.2, 0.25) is 0 Å². The second-order valence-electron chi connectivity index (χ2n) is 7.09. The van der Waals surface area contributed by atoms with Crippen molar-refractivity contribution >= 4 is 28.8 Å². The molecule has 2 aromatic carbocycles. The van der Waals surface area contributed by atoms with Crippen molar-refractivity contribution in [3.8, 4) is 10.4 Å². The molecule has 0 unspecified atom stereocenters. The highest BCUT2D eigenvalue weighted by molar-refractivity contribution is 7.17. The Balaban J connectivity index is 1.34. The molecule has 1 fully saturated rings. The molecule has 148 valence electrons. The molecule has 0 aliphatic carbocycles. The number of hydrogen-bond donors (Lipinski definition) is 1. The van der Waals surface area contributed by atoms with E-state index < -0.39 is 0 Å². The molecular weight excluding hydrogens is 387 g/mol. The van der Waals surface area contributed by atoms with E-state index in [2.05, 4.69) is 5.32 Å². The molecule has 1 aromatic heterocycles. The lowest BCUT2D eigenvalue weighted by atomic mass is 9.95. The number of piperidine rings is 1. The number of nitrogens with zero attached hydrogens (tertiary/aromatic N) is 1. The van der Waals surface area contributed by atoms with Gasteiger partial charge >= 0.3 is 0 Å². The maximum Gasteiger partial charge on any atom is 0.263 e. The Morgan fingerprint density at radius 1 is 0.931 bits per heavy atom. The van der Waals surface area contributed by atoms with Gasteiger partial charge in [-0.1, -0.05) is 30.3 Å². The minimum absolute atomic E-state index is 0.00900. The van der Waals surface area contributed by atoms with Crippen LogP contribution in [0.15, 0.2) is 66.7 Å². The van der Waals surface area contributed by atoms with Crippen LogP contribution in [0.1, 0.15) is 22.5 Å². The molecule has 3 aromatic rings. The number of para-hydroxylation sites is 1.